The fourth-order valence-corrected chi connectivity index (χ4v) is 5.77. The molecule has 0 saturated carbocycles. The number of nitrogens with zero attached hydrogens (tertiary/aromatic N) is 3. The number of hydrogen-bond acceptors (Lipinski definition) is 7. The van der Waals surface area contributed by atoms with Crippen molar-refractivity contribution in [3.8, 4) is 0 Å². The third kappa shape index (κ3) is 3.34. The number of carbonyl (C=O) groups is 3. The Bertz CT molecular complexity index is 1420. The first-order valence-electron chi connectivity index (χ1n) is 12.5. The van der Waals surface area contributed by atoms with E-state index in [2.05, 4.69) is 4.90 Å². The SMILES string of the molecule is CCN1C(=O)[C@]2(C(C(=O)c3cc4ccccc4o3)=C(O)C(=O)N2CCN2CCOCC2)c2ccccc21. The number of hydrogen-bond donors (Lipinski definition) is 1. The number of morpholine rings is 1. The van der Waals surface area contributed by atoms with E-state index in [0.29, 0.717) is 61.6 Å². The second-order valence-electron chi connectivity index (χ2n) is 9.39. The number of anilines is 1. The highest BCUT2D eigenvalue weighted by Gasteiger charge is 2.65. The van der Waals surface area contributed by atoms with Gasteiger partial charge in [-0.3, -0.25) is 19.3 Å². The van der Waals surface area contributed by atoms with Gasteiger partial charge in [0.25, 0.3) is 11.8 Å². The number of furan rings is 1. The quantitative estimate of drug-likeness (QED) is 0.518. The number of Topliss-reactive ketones (excluding diaryl/α,β-unsaturated/α-hetero) is 1. The number of aliphatic hydroxyl groups excluding tert-OH is 1. The molecule has 3 aliphatic rings. The summed E-state index contributed by atoms with van der Waals surface area (Å²) in [5.74, 6) is -2.61. The Labute approximate surface area is 213 Å². The Morgan fingerprint density at radius 1 is 1.03 bits per heavy atom. The van der Waals surface area contributed by atoms with Crippen LogP contribution in [0.5, 0.6) is 0 Å². The lowest BCUT2D eigenvalue weighted by molar-refractivity contribution is -0.140. The molecule has 6 rings (SSSR count). The maximum Gasteiger partial charge on any atom is 0.290 e. The van der Waals surface area contributed by atoms with Crippen LogP contribution in [0.2, 0.25) is 0 Å². The van der Waals surface area contributed by atoms with E-state index in [9.17, 15) is 19.5 Å². The number of likely N-dealkylation sites (N-methyl/N-ethyl adjacent to an activating group) is 1. The molecular weight excluding hydrogens is 474 g/mol. The molecule has 3 aromatic rings. The first kappa shape index (κ1) is 23.4. The molecule has 0 unspecified atom stereocenters. The third-order valence-corrected chi connectivity index (χ3v) is 7.53. The molecule has 0 bridgehead atoms. The molecule has 1 atom stereocenters. The number of ketones is 1. The van der Waals surface area contributed by atoms with Crippen molar-refractivity contribution in [3.05, 3.63) is 77.3 Å². The molecule has 0 radical (unpaired) electrons. The smallest absolute Gasteiger partial charge is 0.290 e. The van der Waals surface area contributed by atoms with Gasteiger partial charge in [-0.05, 0) is 25.1 Å². The number of carbonyl (C=O) groups excluding carboxylic acids is 3. The van der Waals surface area contributed by atoms with E-state index < -0.39 is 28.9 Å². The zero-order valence-electron chi connectivity index (χ0n) is 20.5. The second-order valence-corrected chi connectivity index (χ2v) is 9.39. The molecule has 9 heteroatoms. The van der Waals surface area contributed by atoms with E-state index in [-0.39, 0.29) is 17.9 Å². The molecule has 4 heterocycles. The normalized spacial score (nSPS) is 22.1. The molecule has 1 fully saturated rings. The highest BCUT2D eigenvalue weighted by Crippen LogP contribution is 2.53. The minimum Gasteiger partial charge on any atom is -0.503 e. The highest BCUT2D eigenvalue weighted by molar-refractivity contribution is 6.26. The van der Waals surface area contributed by atoms with Crippen molar-refractivity contribution >= 4 is 34.3 Å². The molecule has 2 amide bonds. The van der Waals surface area contributed by atoms with Gasteiger partial charge in [0.1, 0.15) is 5.58 Å². The van der Waals surface area contributed by atoms with Gasteiger partial charge in [0, 0.05) is 43.7 Å². The van der Waals surface area contributed by atoms with Gasteiger partial charge in [-0.15, -0.1) is 0 Å². The van der Waals surface area contributed by atoms with Crippen molar-refractivity contribution in [2.45, 2.75) is 12.5 Å². The summed E-state index contributed by atoms with van der Waals surface area (Å²) in [4.78, 5) is 47.0. The summed E-state index contributed by atoms with van der Waals surface area (Å²) < 4.78 is 11.3. The van der Waals surface area contributed by atoms with Crippen LogP contribution in [-0.4, -0.2) is 78.4 Å². The van der Waals surface area contributed by atoms with Crippen LogP contribution in [0.25, 0.3) is 11.0 Å². The van der Waals surface area contributed by atoms with Crippen LogP contribution >= 0.6 is 0 Å². The lowest BCUT2D eigenvalue weighted by Gasteiger charge is -2.37. The van der Waals surface area contributed by atoms with Crippen LogP contribution in [0, 0.1) is 0 Å². The van der Waals surface area contributed by atoms with Gasteiger partial charge >= 0.3 is 0 Å². The largest absolute Gasteiger partial charge is 0.503 e. The van der Waals surface area contributed by atoms with Crippen LogP contribution in [0.3, 0.4) is 0 Å². The number of aliphatic hydroxyl groups is 1. The first-order valence-corrected chi connectivity index (χ1v) is 12.5. The van der Waals surface area contributed by atoms with Gasteiger partial charge in [-0.2, -0.15) is 0 Å². The lowest BCUT2D eigenvalue weighted by atomic mass is 9.81. The molecule has 190 valence electrons. The van der Waals surface area contributed by atoms with Gasteiger partial charge in [0.05, 0.1) is 24.5 Å². The first-order chi connectivity index (χ1) is 18.0. The number of fused-ring (bicyclic) bond motifs is 3. The van der Waals surface area contributed by atoms with Crippen molar-refractivity contribution in [2.24, 2.45) is 0 Å². The van der Waals surface area contributed by atoms with Gasteiger partial charge in [0.2, 0.25) is 5.78 Å². The maximum atomic E-state index is 14.3. The topological polar surface area (TPSA) is 104 Å². The van der Waals surface area contributed by atoms with E-state index in [0.717, 1.165) is 0 Å². The number of benzene rings is 2. The average molecular weight is 502 g/mol. The second kappa shape index (κ2) is 8.86. The fourth-order valence-electron chi connectivity index (χ4n) is 5.77. The maximum absolute atomic E-state index is 14.3. The summed E-state index contributed by atoms with van der Waals surface area (Å²) in [6, 6.07) is 15.9. The summed E-state index contributed by atoms with van der Waals surface area (Å²) in [6.07, 6.45) is 0. The molecule has 1 N–H and O–H groups in total. The van der Waals surface area contributed by atoms with Crippen molar-refractivity contribution in [2.75, 3.05) is 50.8 Å². The average Bonchev–Trinajstić information content (AvgIpc) is 3.53. The van der Waals surface area contributed by atoms with Crippen LogP contribution in [-0.2, 0) is 19.9 Å². The molecular formula is C28H27N3O6. The Balaban J connectivity index is 1.50. The molecule has 0 aliphatic carbocycles. The highest BCUT2D eigenvalue weighted by atomic mass is 16.5. The Kier molecular flexibility index (Phi) is 5.62. The molecule has 1 saturated heterocycles. The van der Waals surface area contributed by atoms with Gasteiger partial charge in [-0.25, -0.2) is 0 Å². The van der Waals surface area contributed by atoms with E-state index in [1.54, 1.807) is 41.3 Å². The van der Waals surface area contributed by atoms with Crippen molar-refractivity contribution in [1.82, 2.24) is 9.80 Å². The minimum atomic E-state index is -1.78. The number of rotatable bonds is 6. The van der Waals surface area contributed by atoms with Crippen LogP contribution in [0.4, 0.5) is 5.69 Å². The third-order valence-electron chi connectivity index (χ3n) is 7.53. The van der Waals surface area contributed by atoms with E-state index in [1.807, 2.05) is 25.1 Å². The summed E-state index contributed by atoms with van der Waals surface area (Å²) in [5, 5.41) is 11.9. The molecule has 1 spiro atoms. The minimum absolute atomic E-state index is 0.0369. The molecule has 9 nitrogen and oxygen atoms in total. The number of para-hydroxylation sites is 2. The number of ether oxygens (including phenoxy) is 1. The fraction of sp³-hybridized carbons (Fsp3) is 0.321. The zero-order chi connectivity index (χ0) is 25.7. The molecule has 2 aromatic carbocycles. The van der Waals surface area contributed by atoms with E-state index >= 15 is 0 Å². The van der Waals surface area contributed by atoms with Gasteiger partial charge in [-0.1, -0.05) is 36.4 Å². The Morgan fingerprint density at radius 3 is 2.51 bits per heavy atom. The summed E-state index contributed by atoms with van der Waals surface area (Å²) in [7, 11) is 0. The summed E-state index contributed by atoms with van der Waals surface area (Å²) in [6.45, 7) is 5.38. The molecule has 3 aliphatic heterocycles. The van der Waals surface area contributed by atoms with Crippen molar-refractivity contribution < 1.29 is 28.6 Å². The molecule has 37 heavy (non-hydrogen) atoms. The number of amides is 2. The summed E-state index contributed by atoms with van der Waals surface area (Å²) in [5.41, 5.74) is -0.422. The van der Waals surface area contributed by atoms with E-state index in [1.165, 1.54) is 4.90 Å². The predicted octanol–water partition coefficient (Wildman–Crippen LogP) is 2.86. The van der Waals surface area contributed by atoms with Gasteiger partial charge < -0.3 is 24.1 Å². The van der Waals surface area contributed by atoms with E-state index in [4.69, 9.17) is 9.15 Å². The zero-order valence-corrected chi connectivity index (χ0v) is 20.5. The Hall–Kier alpha value is -3.95. The van der Waals surface area contributed by atoms with Crippen LogP contribution in [0.1, 0.15) is 23.0 Å². The lowest BCUT2D eigenvalue weighted by Crippen LogP contribution is -2.56. The Morgan fingerprint density at radius 2 is 1.76 bits per heavy atom. The standard InChI is InChI=1S/C28H27N3O6/c1-2-30-20-9-5-4-8-19(20)28(27(30)35)23(24(32)22-17-18-7-3-6-10-21(18)37-22)25(33)26(34)31(28)12-11-29-13-15-36-16-14-29/h3-10,17,33H,2,11-16H2,1H3/t28-/m1/s1. The van der Waals surface area contributed by atoms with Crippen molar-refractivity contribution in [1.29, 1.82) is 0 Å². The summed E-state index contributed by atoms with van der Waals surface area (Å²) >= 11 is 0. The van der Waals surface area contributed by atoms with Gasteiger partial charge in [0.15, 0.2) is 17.1 Å². The monoisotopic (exact) mass is 501 g/mol. The van der Waals surface area contributed by atoms with Crippen LogP contribution < -0.4 is 4.90 Å². The predicted molar refractivity (Wildman–Crippen MR) is 135 cm³/mol. The van der Waals surface area contributed by atoms with Crippen LogP contribution in [0.15, 0.2) is 70.3 Å². The van der Waals surface area contributed by atoms with Crippen molar-refractivity contribution in [3.63, 3.8) is 0 Å². The molecule has 1 aromatic heterocycles.